The normalized spacial score (nSPS) is 10.3. The van der Waals surface area contributed by atoms with Crippen molar-refractivity contribution in [2.24, 2.45) is 0 Å². The first kappa shape index (κ1) is 6.81. The number of nitrogens with zero attached hydrogens (tertiary/aromatic N) is 2. The zero-order valence-corrected chi connectivity index (χ0v) is 8.28. The van der Waals surface area contributed by atoms with E-state index in [1.807, 2.05) is 24.3 Å². The van der Waals surface area contributed by atoms with Gasteiger partial charge in [-0.3, -0.25) is 0 Å². The molecule has 11 heavy (non-hydrogen) atoms. The van der Waals surface area contributed by atoms with E-state index in [4.69, 9.17) is 0 Å². The Balaban J connectivity index is 2.83. The van der Waals surface area contributed by atoms with Crippen LogP contribution in [0, 0.1) is 0 Å². The van der Waals surface area contributed by atoms with Gasteiger partial charge in [0, 0.05) is 0 Å². The van der Waals surface area contributed by atoms with Gasteiger partial charge in [-0.05, 0) is 0 Å². The number of rotatable bonds is 0. The Bertz CT molecular complexity index is 387. The van der Waals surface area contributed by atoms with E-state index in [-0.39, 0.29) is 0 Å². The molecule has 2 rings (SSSR count). The predicted molar refractivity (Wildman–Crippen MR) is 47.7 cm³/mol. The molecule has 0 aliphatic carbocycles. The van der Waals surface area contributed by atoms with Gasteiger partial charge in [0.2, 0.25) is 0 Å². The van der Waals surface area contributed by atoms with Crippen LogP contribution >= 0.6 is 0 Å². The number of hydrogen-bond donors (Lipinski definition) is 0. The molecule has 54 valence electrons. The van der Waals surface area contributed by atoms with Gasteiger partial charge in [0.15, 0.2) is 0 Å². The first-order chi connectivity index (χ1) is 5.36. The molecule has 0 aliphatic rings. The monoisotopic (exact) mass is 206 g/mol. The van der Waals surface area contributed by atoms with E-state index >= 15 is 0 Å². The van der Waals surface area contributed by atoms with E-state index in [1.54, 1.807) is 6.20 Å². The van der Waals surface area contributed by atoms with Gasteiger partial charge in [0.1, 0.15) is 0 Å². The third-order valence-corrected chi connectivity index (χ3v) is 2.16. The van der Waals surface area contributed by atoms with Crippen LogP contribution in [0.3, 0.4) is 0 Å². The average molecular weight is 206 g/mol. The van der Waals surface area contributed by atoms with Gasteiger partial charge in [-0.25, -0.2) is 0 Å². The molecule has 0 saturated heterocycles. The number of hydrogen-bond acceptors (Lipinski definition) is 2. The molecule has 1 unspecified atom stereocenters. The third kappa shape index (κ3) is 1.26. The SMILES string of the molecule is [AsH2]c1ccc2cccnc2n1. The van der Waals surface area contributed by atoms with Crippen molar-refractivity contribution in [1.29, 1.82) is 0 Å². The van der Waals surface area contributed by atoms with E-state index in [0.29, 0.717) is 0 Å². The maximum atomic E-state index is 4.29. The molecule has 0 radical (unpaired) electrons. The van der Waals surface area contributed by atoms with E-state index in [0.717, 1.165) is 15.5 Å². The Kier molecular flexibility index (Phi) is 1.63. The first-order valence-electron chi connectivity index (χ1n) is 3.33. The molecular weight excluding hydrogens is 199 g/mol. The Labute approximate surface area is 73.2 Å². The fourth-order valence-corrected chi connectivity index (χ4v) is 1.43. The molecule has 0 spiro atoms. The Morgan fingerprint density at radius 2 is 2.09 bits per heavy atom. The Morgan fingerprint density at radius 3 is 3.00 bits per heavy atom. The molecular formula is C8H7AsN2. The van der Waals surface area contributed by atoms with Crippen LogP contribution in [0.15, 0.2) is 30.5 Å². The van der Waals surface area contributed by atoms with Crippen LogP contribution in [0.2, 0.25) is 0 Å². The summed E-state index contributed by atoms with van der Waals surface area (Å²) in [4.78, 5) is 8.43. The Hall–Kier alpha value is -0.882. The zero-order valence-electron chi connectivity index (χ0n) is 5.86. The van der Waals surface area contributed by atoms with Crippen LogP contribution in [0.1, 0.15) is 0 Å². The minimum absolute atomic E-state index is 0.842. The van der Waals surface area contributed by atoms with Gasteiger partial charge in [0.25, 0.3) is 0 Å². The number of aromatic nitrogens is 2. The summed E-state index contributed by atoms with van der Waals surface area (Å²) in [6, 6.07) is 8.00. The topological polar surface area (TPSA) is 25.8 Å². The summed E-state index contributed by atoms with van der Waals surface area (Å²) in [5, 5.41) is 1.11. The van der Waals surface area contributed by atoms with Crippen molar-refractivity contribution in [2.75, 3.05) is 0 Å². The summed E-state index contributed by atoms with van der Waals surface area (Å²) in [5.41, 5.74) is 0.842. The van der Waals surface area contributed by atoms with Crippen LogP contribution in [-0.4, -0.2) is 26.8 Å². The molecule has 2 nitrogen and oxygen atoms in total. The summed E-state index contributed by atoms with van der Waals surface area (Å²) in [6.07, 6.45) is 1.77. The molecule has 2 heterocycles. The van der Waals surface area contributed by atoms with Crippen LogP contribution in [-0.2, 0) is 0 Å². The van der Waals surface area contributed by atoms with E-state index in [1.165, 1.54) is 16.9 Å². The molecule has 0 N–H and O–H groups in total. The fourth-order valence-electron chi connectivity index (χ4n) is 0.968. The number of fused-ring (bicyclic) bond motifs is 1. The molecule has 2 aromatic rings. The standard InChI is InChI=1S/C8H7AsN2/c9-7-4-3-6-2-1-5-10-8(6)11-7/h1-5H,9H2. The van der Waals surface area contributed by atoms with Crippen molar-refractivity contribution >= 4 is 32.4 Å². The van der Waals surface area contributed by atoms with Crippen molar-refractivity contribution in [1.82, 2.24) is 9.97 Å². The van der Waals surface area contributed by atoms with Gasteiger partial charge < -0.3 is 0 Å². The van der Waals surface area contributed by atoms with Gasteiger partial charge in [-0.2, -0.15) is 0 Å². The summed E-state index contributed by atoms with van der Waals surface area (Å²) >= 11 is 1.53. The molecule has 0 aromatic carbocycles. The molecule has 3 heteroatoms. The molecule has 2 aromatic heterocycles. The molecule has 0 amide bonds. The van der Waals surface area contributed by atoms with E-state index in [9.17, 15) is 0 Å². The summed E-state index contributed by atoms with van der Waals surface area (Å²) in [7, 11) is 0. The predicted octanol–water partition coefficient (Wildman–Crippen LogP) is -0.112. The quantitative estimate of drug-likeness (QED) is 0.562. The summed E-state index contributed by atoms with van der Waals surface area (Å²) in [5.74, 6) is 0. The van der Waals surface area contributed by atoms with Crippen LogP contribution in [0.4, 0.5) is 0 Å². The molecule has 1 atom stereocenters. The van der Waals surface area contributed by atoms with Crippen LogP contribution < -0.4 is 4.48 Å². The summed E-state index contributed by atoms with van der Waals surface area (Å²) in [6.45, 7) is 0. The van der Waals surface area contributed by atoms with E-state index in [2.05, 4.69) is 9.97 Å². The molecule has 0 bridgehead atoms. The zero-order chi connectivity index (χ0) is 7.68. The number of pyridine rings is 2. The second-order valence-corrected chi connectivity index (χ2v) is 3.53. The van der Waals surface area contributed by atoms with Crippen molar-refractivity contribution in [3.05, 3.63) is 30.5 Å². The van der Waals surface area contributed by atoms with Crippen molar-refractivity contribution < 1.29 is 0 Å². The second-order valence-electron chi connectivity index (χ2n) is 2.29. The van der Waals surface area contributed by atoms with Gasteiger partial charge in [-0.1, -0.05) is 0 Å². The van der Waals surface area contributed by atoms with Gasteiger partial charge in [0.05, 0.1) is 0 Å². The average Bonchev–Trinajstić information content (AvgIpc) is 2.04. The van der Waals surface area contributed by atoms with Crippen molar-refractivity contribution in [3.8, 4) is 0 Å². The van der Waals surface area contributed by atoms with Gasteiger partial charge >= 0.3 is 72.8 Å². The summed E-state index contributed by atoms with van der Waals surface area (Å²) < 4.78 is 1.07. The van der Waals surface area contributed by atoms with Crippen molar-refractivity contribution in [2.45, 2.75) is 0 Å². The third-order valence-electron chi connectivity index (χ3n) is 1.49. The van der Waals surface area contributed by atoms with Crippen LogP contribution in [0.25, 0.3) is 11.0 Å². The molecule has 0 aliphatic heterocycles. The van der Waals surface area contributed by atoms with Gasteiger partial charge in [-0.15, -0.1) is 0 Å². The van der Waals surface area contributed by atoms with Crippen LogP contribution in [0.5, 0.6) is 0 Å². The maximum absolute atomic E-state index is 4.29. The Morgan fingerprint density at radius 1 is 1.18 bits per heavy atom. The minimum atomic E-state index is 0.842. The molecule has 0 saturated carbocycles. The van der Waals surface area contributed by atoms with E-state index < -0.39 is 0 Å². The second kappa shape index (κ2) is 2.63. The first-order valence-corrected chi connectivity index (χ1v) is 4.55. The van der Waals surface area contributed by atoms with Crippen molar-refractivity contribution in [3.63, 3.8) is 0 Å². The fraction of sp³-hybridized carbons (Fsp3) is 0. The molecule has 0 fully saturated rings.